The van der Waals surface area contributed by atoms with Crippen LogP contribution in [0.2, 0.25) is 0 Å². The Bertz CT molecular complexity index is 445. The van der Waals surface area contributed by atoms with Crippen molar-refractivity contribution in [1.82, 2.24) is 9.88 Å². The van der Waals surface area contributed by atoms with E-state index in [1.807, 2.05) is 4.90 Å². The largest absolute Gasteiger partial charge is 0.382 e. The van der Waals surface area contributed by atoms with E-state index < -0.39 is 0 Å². The highest BCUT2D eigenvalue weighted by Crippen LogP contribution is 2.32. The summed E-state index contributed by atoms with van der Waals surface area (Å²) in [5.41, 5.74) is 5.83. The molecule has 2 unspecified atom stereocenters. The molecule has 1 aliphatic rings. The molecule has 1 saturated heterocycles. The topological polar surface area (TPSA) is 71.2 Å². The van der Waals surface area contributed by atoms with Crippen LogP contribution < -0.4 is 11.1 Å². The van der Waals surface area contributed by atoms with Crippen molar-refractivity contribution in [3.63, 3.8) is 0 Å². The minimum Gasteiger partial charge on any atom is -0.382 e. The molecule has 0 radical (unpaired) electrons. The maximum absolute atomic E-state index is 12.6. The van der Waals surface area contributed by atoms with Crippen LogP contribution in [0, 0.1) is 0 Å². The molecule has 6 heteroatoms. The van der Waals surface area contributed by atoms with Crippen LogP contribution in [0.3, 0.4) is 0 Å². The average molecular weight is 268 g/mol. The number of hydrogen-bond acceptors (Lipinski definition) is 5. The molecule has 0 bridgehead atoms. The van der Waals surface area contributed by atoms with Gasteiger partial charge in [-0.05, 0) is 26.2 Å². The number of likely N-dealkylation sites (tertiary alicyclic amines) is 1. The zero-order valence-corrected chi connectivity index (χ0v) is 11.9. The van der Waals surface area contributed by atoms with Gasteiger partial charge in [-0.25, -0.2) is 4.98 Å². The van der Waals surface area contributed by atoms with Crippen molar-refractivity contribution >= 4 is 28.2 Å². The molecule has 1 aromatic rings. The first-order valence-electron chi connectivity index (χ1n) is 6.35. The SMILES string of the molecule is CCC1CCC(C)N1C(=O)c1sc(NC)nc1N. The number of anilines is 2. The van der Waals surface area contributed by atoms with Crippen LogP contribution in [0.5, 0.6) is 0 Å². The van der Waals surface area contributed by atoms with E-state index in [0.29, 0.717) is 27.9 Å². The Labute approximate surface area is 111 Å². The average Bonchev–Trinajstić information content (AvgIpc) is 2.91. The third-order valence-corrected chi connectivity index (χ3v) is 4.63. The van der Waals surface area contributed by atoms with E-state index in [1.54, 1.807) is 7.05 Å². The fourth-order valence-corrected chi connectivity index (χ4v) is 3.33. The van der Waals surface area contributed by atoms with Gasteiger partial charge < -0.3 is 16.0 Å². The quantitative estimate of drug-likeness (QED) is 0.881. The Balaban J connectivity index is 2.26. The van der Waals surface area contributed by atoms with Crippen LogP contribution in [0.15, 0.2) is 0 Å². The second kappa shape index (κ2) is 5.14. The number of nitrogen functional groups attached to an aromatic ring is 1. The van der Waals surface area contributed by atoms with Crippen molar-refractivity contribution < 1.29 is 4.79 Å². The highest BCUT2D eigenvalue weighted by atomic mass is 32.1. The first-order valence-corrected chi connectivity index (χ1v) is 7.16. The van der Waals surface area contributed by atoms with Gasteiger partial charge in [-0.1, -0.05) is 18.3 Å². The molecular weight excluding hydrogens is 248 g/mol. The molecule has 2 atom stereocenters. The van der Waals surface area contributed by atoms with Crippen molar-refractivity contribution in [2.24, 2.45) is 0 Å². The summed E-state index contributed by atoms with van der Waals surface area (Å²) in [6.45, 7) is 4.22. The van der Waals surface area contributed by atoms with E-state index in [9.17, 15) is 4.79 Å². The van der Waals surface area contributed by atoms with Crippen LogP contribution in [-0.2, 0) is 0 Å². The summed E-state index contributed by atoms with van der Waals surface area (Å²) in [4.78, 5) is 19.2. The van der Waals surface area contributed by atoms with Crippen LogP contribution in [0.1, 0.15) is 42.8 Å². The standard InChI is InChI=1S/C12H20N4OS/c1-4-8-6-5-7(2)16(8)11(17)9-10(13)15-12(14-3)18-9/h7-8H,4-6,13H2,1-3H3,(H,14,15). The number of hydrogen-bond donors (Lipinski definition) is 2. The van der Waals surface area contributed by atoms with Gasteiger partial charge in [0.05, 0.1) is 0 Å². The number of thiazole rings is 1. The molecule has 18 heavy (non-hydrogen) atoms. The summed E-state index contributed by atoms with van der Waals surface area (Å²) in [5, 5.41) is 3.62. The maximum Gasteiger partial charge on any atom is 0.268 e. The van der Waals surface area contributed by atoms with Gasteiger partial charge in [0.25, 0.3) is 5.91 Å². The Morgan fingerprint density at radius 3 is 2.89 bits per heavy atom. The predicted molar refractivity (Wildman–Crippen MR) is 75.0 cm³/mol. The molecule has 0 spiro atoms. The molecule has 1 aliphatic heterocycles. The number of carbonyl (C=O) groups excluding carboxylic acids is 1. The van der Waals surface area contributed by atoms with Crippen LogP contribution in [0.4, 0.5) is 10.9 Å². The fourth-order valence-electron chi connectivity index (χ4n) is 2.55. The third-order valence-electron chi connectivity index (χ3n) is 3.55. The predicted octanol–water partition coefficient (Wildman–Crippen LogP) is 2.17. The minimum atomic E-state index is 0.0309. The second-order valence-electron chi connectivity index (χ2n) is 4.68. The monoisotopic (exact) mass is 268 g/mol. The number of aromatic nitrogens is 1. The van der Waals surface area contributed by atoms with Crippen LogP contribution >= 0.6 is 11.3 Å². The first-order chi connectivity index (χ1) is 8.58. The Hall–Kier alpha value is -1.30. The first kappa shape index (κ1) is 13.1. The maximum atomic E-state index is 12.6. The lowest BCUT2D eigenvalue weighted by molar-refractivity contribution is 0.0682. The molecule has 2 heterocycles. The van der Waals surface area contributed by atoms with Crippen molar-refractivity contribution in [2.45, 2.75) is 45.2 Å². The number of nitrogens with one attached hydrogen (secondary N) is 1. The molecule has 1 amide bonds. The zero-order chi connectivity index (χ0) is 13.3. The summed E-state index contributed by atoms with van der Waals surface area (Å²) in [6, 6.07) is 0.633. The Morgan fingerprint density at radius 2 is 2.33 bits per heavy atom. The highest BCUT2D eigenvalue weighted by molar-refractivity contribution is 7.18. The van der Waals surface area contributed by atoms with Gasteiger partial charge in [-0.15, -0.1) is 0 Å². The normalized spacial score (nSPS) is 23.4. The van der Waals surface area contributed by atoms with E-state index in [-0.39, 0.29) is 5.91 Å². The highest BCUT2D eigenvalue weighted by Gasteiger charge is 2.35. The molecule has 0 aromatic carbocycles. The second-order valence-corrected chi connectivity index (χ2v) is 5.68. The van der Waals surface area contributed by atoms with E-state index in [4.69, 9.17) is 5.73 Å². The lowest BCUT2D eigenvalue weighted by Gasteiger charge is -2.27. The summed E-state index contributed by atoms with van der Waals surface area (Å²) in [7, 11) is 1.78. The summed E-state index contributed by atoms with van der Waals surface area (Å²) in [5.74, 6) is 0.367. The third kappa shape index (κ3) is 2.16. The van der Waals surface area contributed by atoms with E-state index >= 15 is 0 Å². The van der Waals surface area contributed by atoms with Gasteiger partial charge in [-0.3, -0.25) is 4.79 Å². The van der Waals surface area contributed by atoms with Crippen LogP contribution in [0.25, 0.3) is 0 Å². The molecule has 3 N–H and O–H groups in total. The van der Waals surface area contributed by atoms with E-state index in [1.165, 1.54) is 11.3 Å². The van der Waals surface area contributed by atoms with Crippen molar-refractivity contribution in [2.75, 3.05) is 18.1 Å². The fraction of sp³-hybridized carbons (Fsp3) is 0.667. The smallest absolute Gasteiger partial charge is 0.268 e. The summed E-state index contributed by atoms with van der Waals surface area (Å²) >= 11 is 1.33. The number of rotatable bonds is 3. The number of carbonyl (C=O) groups is 1. The zero-order valence-electron chi connectivity index (χ0n) is 11.1. The number of nitrogens with zero attached hydrogens (tertiary/aromatic N) is 2. The number of amides is 1. The van der Waals surface area contributed by atoms with Gasteiger partial charge in [0.1, 0.15) is 10.7 Å². The molecule has 0 saturated carbocycles. The molecule has 5 nitrogen and oxygen atoms in total. The molecule has 2 rings (SSSR count). The summed E-state index contributed by atoms with van der Waals surface area (Å²) < 4.78 is 0. The lowest BCUT2D eigenvalue weighted by Crippen LogP contribution is -2.39. The summed E-state index contributed by atoms with van der Waals surface area (Å²) in [6.07, 6.45) is 3.15. The minimum absolute atomic E-state index is 0.0309. The van der Waals surface area contributed by atoms with Gasteiger partial charge >= 0.3 is 0 Å². The van der Waals surface area contributed by atoms with E-state index in [0.717, 1.165) is 19.3 Å². The molecule has 1 aromatic heterocycles. The van der Waals surface area contributed by atoms with E-state index in [2.05, 4.69) is 24.1 Å². The molecular formula is C12H20N4OS. The van der Waals surface area contributed by atoms with Gasteiger partial charge in [-0.2, -0.15) is 0 Å². The molecule has 1 fully saturated rings. The number of nitrogens with two attached hydrogens (primary N) is 1. The molecule has 100 valence electrons. The molecule has 0 aliphatic carbocycles. The Morgan fingerprint density at radius 1 is 1.61 bits per heavy atom. The van der Waals surface area contributed by atoms with Crippen molar-refractivity contribution in [3.05, 3.63) is 4.88 Å². The lowest BCUT2D eigenvalue weighted by atomic mass is 10.1. The van der Waals surface area contributed by atoms with Crippen molar-refractivity contribution in [3.8, 4) is 0 Å². The van der Waals surface area contributed by atoms with Gasteiger partial charge in [0.2, 0.25) is 0 Å². The Kier molecular flexibility index (Phi) is 3.75. The van der Waals surface area contributed by atoms with Gasteiger partial charge in [0, 0.05) is 19.1 Å². The van der Waals surface area contributed by atoms with Gasteiger partial charge in [0.15, 0.2) is 5.13 Å². The van der Waals surface area contributed by atoms with Crippen molar-refractivity contribution in [1.29, 1.82) is 0 Å². The van der Waals surface area contributed by atoms with Crippen LogP contribution in [-0.4, -0.2) is 34.9 Å².